The van der Waals surface area contributed by atoms with Crippen molar-refractivity contribution in [2.45, 2.75) is 33.6 Å². The minimum atomic E-state index is 0.688. The molecule has 1 aromatic heterocycles. The highest BCUT2D eigenvalue weighted by Gasteiger charge is 2.21. The first-order valence-corrected chi connectivity index (χ1v) is 12.6. The highest BCUT2D eigenvalue weighted by atomic mass is 35.5. The maximum Gasteiger partial charge on any atom is 0.122 e. The Balaban J connectivity index is 1.52. The van der Waals surface area contributed by atoms with Crippen LogP contribution in [0.4, 0.5) is 0 Å². The van der Waals surface area contributed by atoms with E-state index in [1.807, 2.05) is 42.5 Å². The molecule has 34 heavy (non-hydrogen) atoms. The molecule has 1 aliphatic rings. The van der Waals surface area contributed by atoms with Gasteiger partial charge >= 0.3 is 0 Å². The smallest absolute Gasteiger partial charge is 0.122 e. The van der Waals surface area contributed by atoms with Crippen LogP contribution in [0, 0.1) is 30.6 Å². The topological polar surface area (TPSA) is 25.4 Å². The molecule has 2 aromatic carbocycles. The van der Waals surface area contributed by atoms with Crippen molar-refractivity contribution in [2.24, 2.45) is 11.8 Å². The van der Waals surface area contributed by atoms with Crippen molar-refractivity contribution < 1.29 is 4.74 Å². The lowest BCUT2D eigenvalue weighted by Crippen LogP contribution is -2.37. The highest BCUT2D eigenvalue weighted by molar-refractivity contribution is 6.30. The Hall–Kier alpha value is -2.80. The molecular formula is C30H33ClN2O. The molecule has 3 nitrogen and oxygen atoms in total. The second-order valence-corrected chi connectivity index (χ2v) is 9.82. The number of hydrogen-bond donors (Lipinski definition) is 0. The Morgan fingerprint density at radius 3 is 2.50 bits per heavy atom. The van der Waals surface area contributed by atoms with Crippen molar-refractivity contribution in [3.63, 3.8) is 0 Å². The Labute approximate surface area is 209 Å². The van der Waals surface area contributed by atoms with Crippen LogP contribution in [0.5, 0.6) is 5.75 Å². The minimum absolute atomic E-state index is 0.688. The average Bonchev–Trinajstić information content (AvgIpc) is 2.85. The van der Waals surface area contributed by atoms with E-state index < -0.39 is 0 Å². The van der Waals surface area contributed by atoms with Crippen molar-refractivity contribution >= 4 is 11.6 Å². The largest absolute Gasteiger partial charge is 0.492 e. The molecule has 1 aliphatic heterocycles. The number of halogens is 1. The first kappa shape index (κ1) is 24.3. The molecule has 0 saturated carbocycles. The maximum absolute atomic E-state index is 6.29. The van der Waals surface area contributed by atoms with Gasteiger partial charge in [0.2, 0.25) is 0 Å². The van der Waals surface area contributed by atoms with E-state index in [0.717, 1.165) is 57.0 Å². The van der Waals surface area contributed by atoms with Crippen LogP contribution >= 0.6 is 11.6 Å². The summed E-state index contributed by atoms with van der Waals surface area (Å²) in [5.41, 5.74) is 5.12. The summed E-state index contributed by atoms with van der Waals surface area (Å²) < 4.78 is 6.29. The molecular weight excluding hydrogens is 440 g/mol. The normalized spacial score (nSPS) is 14.6. The maximum atomic E-state index is 6.29. The lowest BCUT2D eigenvalue weighted by Gasteiger charge is -2.33. The Morgan fingerprint density at radius 1 is 1.06 bits per heavy atom. The zero-order valence-electron chi connectivity index (χ0n) is 20.4. The van der Waals surface area contributed by atoms with E-state index in [4.69, 9.17) is 16.3 Å². The van der Waals surface area contributed by atoms with E-state index in [9.17, 15) is 0 Å². The number of ether oxygens (including phenoxy) is 1. The van der Waals surface area contributed by atoms with Crippen molar-refractivity contribution in [3.8, 4) is 28.7 Å². The molecule has 0 bridgehead atoms. The van der Waals surface area contributed by atoms with Gasteiger partial charge in [-0.3, -0.25) is 9.88 Å². The molecule has 0 amide bonds. The molecule has 0 spiro atoms. The van der Waals surface area contributed by atoms with Gasteiger partial charge in [0.05, 0.1) is 0 Å². The number of aromatic nitrogens is 1. The summed E-state index contributed by atoms with van der Waals surface area (Å²) in [6.45, 7) is 10.8. The third-order valence-electron chi connectivity index (χ3n) is 6.79. The predicted octanol–water partition coefficient (Wildman–Crippen LogP) is 6.86. The molecule has 0 atom stereocenters. The molecule has 1 fully saturated rings. The quantitative estimate of drug-likeness (QED) is 0.366. The number of likely N-dealkylation sites (tertiary alicyclic amines) is 1. The first-order chi connectivity index (χ1) is 16.5. The summed E-state index contributed by atoms with van der Waals surface area (Å²) >= 11 is 6.16. The van der Waals surface area contributed by atoms with Crippen LogP contribution < -0.4 is 4.74 Å². The van der Waals surface area contributed by atoms with Gasteiger partial charge in [-0.2, -0.15) is 0 Å². The summed E-state index contributed by atoms with van der Waals surface area (Å²) in [5, 5.41) is 0.720. The highest BCUT2D eigenvalue weighted by Crippen LogP contribution is 2.34. The van der Waals surface area contributed by atoms with E-state index in [0.29, 0.717) is 6.61 Å². The van der Waals surface area contributed by atoms with E-state index in [1.54, 1.807) is 12.4 Å². The lowest BCUT2D eigenvalue weighted by atomic mass is 9.87. The molecule has 0 unspecified atom stereocenters. The molecule has 3 aromatic rings. The van der Waals surface area contributed by atoms with Gasteiger partial charge in [0, 0.05) is 46.2 Å². The number of pyridine rings is 1. The van der Waals surface area contributed by atoms with E-state index in [1.165, 1.54) is 25.9 Å². The first-order valence-electron chi connectivity index (χ1n) is 12.2. The number of rotatable bonds is 6. The van der Waals surface area contributed by atoms with Crippen LogP contribution in [-0.2, 0) is 0 Å². The molecule has 4 rings (SSSR count). The minimum Gasteiger partial charge on any atom is -0.492 e. The van der Waals surface area contributed by atoms with Gasteiger partial charge in [-0.25, -0.2) is 0 Å². The number of piperidine rings is 1. The lowest BCUT2D eigenvalue weighted by molar-refractivity contribution is 0.136. The van der Waals surface area contributed by atoms with E-state index in [-0.39, 0.29) is 0 Å². The van der Waals surface area contributed by atoms with Crippen LogP contribution in [0.1, 0.15) is 43.4 Å². The van der Waals surface area contributed by atoms with Gasteiger partial charge in [0.15, 0.2) is 0 Å². The average molecular weight is 473 g/mol. The SMILES string of the molecule is Cc1c(OCCN2CCC(C(C)C)CC2)ccc(C#Cc2cccnc2)c1-c1ccc(Cl)cc1. The van der Waals surface area contributed by atoms with Crippen LogP contribution in [-0.4, -0.2) is 36.1 Å². The summed E-state index contributed by atoms with van der Waals surface area (Å²) in [5.74, 6) is 9.14. The molecule has 0 aliphatic carbocycles. The third-order valence-corrected chi connectivity index (χ3v) is 7.04. The van der Waals surface area contributed by atoms with E-state index >= 15 is 0 Å². The van der Waals surface area contributed by atoms with Crippen LogP contribution in [0.25, 0.3) is 11.1 Å². The van der Waals surface area contributed by atoms with Crippen molar-refractivity contribution in [1.29, 1.82) is 0 Å². The second-order valence-electron chi connectivity index (χ2n) is 9.38. The fraction of sp³-hybridized carbons (Fsp3) is 0.367. The Bertz CT molecular complexity index is 1140. The zero-order chi connectivity index (χ0) is 23.9. The monoisotopic (exact) mass is 472 g/mol. The molecule has 0 N–H and O–H groups in total. The van der Waals surface area contributed by atoms with Crippen LogP contribution in [0.2, 0.25) is 5.02 Å². The van der Waals surface area contributed by atoms with Gasteiger partial charge in [0.25, 0.3) is 0 Å². The Kier molecular flexibility index (Phi) is 8.27. The van der Waals surface area contributed by atoms with Gasteiger partial charge in [-0.15, -0.1) is 0 Å². The fourth-order valence-electron chi connectivity index (χ4n) is 4.65. The summed E-state index contributed by atoms with van der Waals surface area (Å²) in [6, 6.07) is 15.9. The van der Waals surface area contributed by atoms with Gasteiger partial charge in [-0.1, -0.05) is 49.4 Å². The van der Waals surface area contributed by atoms with Gasteiger partial charge in [0.1, 0.15) is 12.4 Å². The third kappa shape index (κ3) is 6.20. The summed E-state index contributed by atoms with van der Waals surface area (Å²) in [7, 11) is 0. The second kappa shape index (κ2) is 11.6. The van der Waals surface area contributed by atoms with Crippen LogP contribution in [0.3, 0.4) is 0 Å². The summed E-state index contributed by atoms with van der Waals surface area (Å²) in [4.78, 5) is 6.69. The molecule has 176 valence electrons. The number of benzene rings is 2. The number of nitrogens with zero attached hydrogens (tertiary/aromatic N) is 2. The molecule has 2 heterocycles. The van der Waals surface area contributed by atoms with Crippen molar-refractivity contribution in [2.75, 3.05) is 26.2 Å². The summed E-state index contributed by atoms with van der Waals surface area (Å²) in [6.07, 6.45) is 6.12. The van der Waals surface area contributed by atoms with Crippen molar-refractivity contribution in [1.82, 2.24) is 9.88 Å². The zero-order valence-corrected chi connectivity index (χ0v) is 21.1. The number of hydrogen-bond acceptors (Lipinski definition) is 3. The fourth-order valence-corrected chi connectivity index (χ4v) is 4.77. The van der Waals surface area contributed by atoms with Crippen LogP contribution in [0.15, 0.2) is 60.9 Å². The van der Waals surface area contributed by atoms with Crippen molar-refractivity contribution in [3.05, 3.63) is 82.6 Å². The standard InChI is InChI=1S/C30H33ClN2O/c1-22(2)25-14-17-33(18-15-25)19-20-34-29-13-10-26(7-6-24-5-4-16-32-21-24)30(23(29)3)27-8-11-28(31)12-9-27/h4-5,8-13,16,21-22,25H,14-15,17-20H2,1-3H3. The molecule has 0 radical (unpaired) electrons. The van der Waals surface area contributed by atoms with E-state index in [2.05, 4.69) is 48.6 Å². The predicted molar refractivity (Wildman–Crippen MR) is 141 cm³/mol. The van der Waals surface area contributed by atoms with Gasteiger partial charge in [-0.05, 0) is 86.7 Å². The molecule has 1 saturated heterocycles. The van der Waals surface area contributed by atoms with Gasteiger partial charge < -0.3 is 4.74 Å². The Morgan fingerprint density at radius 2 is 1.82 bits per heavy atom. The molecule has 4 heteroatoms.